The second-order valence-electron chi connectivity index (χ2n) is 8.39. The summed E-state index contributed by atoms with van der Waals surface area (Å²) in [7, 11) is 0. The third kappa shape index (κ3) is 2.47. The molecule has 6 heteroatoms. The summed E-state index contributed by atoms with van der Waals surface area (Å²) in [5.41, 5.74) is 0.761. The number of esters is 1. The first-order valence-corrected chi connectivity index (χ1v) is 9.28. The van der Waals surface area contributed by atoms with Crippen LogP contribution in [0, 0.1) is 33.3 Å². The first-order chi connectivity index (χ1) is 12.5. The van der Waals surface area contributed by atoms with Crippen molar-refractivity contribution in [2.24, 2.45) is 28.2 Å². The molecule has 0 spiro atoms. The average Bonchev–Trinajstić information content (AvgIpc) is 2.95. The van der Waals surface area contributed by atoms with Crippen LogP contribution in [-0.4, -0.2) is 16.8 Å². The summed E-state index contributed by atoms with van der Waals surface area (Å²) in [4.78, 5) is 27.4. The lowest BCUT2D eigenvalue weighted by Crippen LogP contribution is -2.50. The van der Waals surface area contributed by atoms with E-state index in [9.17, 15) is 14.9 Å². The van der Waals surface area contributed by atoms with E-state index in [-0.39, 0.29) is 16.8 Å². The summed E-state index contributed by atoms with van der Waals surface area (Å²) < 4.78 is 5.62. The smallest absolute Gasteiger partial charge is 0.363 e. The van der Waals surface area contributed by atoms with Gasteiger partial charge in [0, 0.05) is 17.5 Å². The fraction of sp³-hybridized carbons (Fsp3) is 0.500. The van der Waals surface area contributed by atoms with Gasteiger partial charge in [-0.2, -0.15) is 0 Å². The molecule has 0 saturated heterocycles. The van der Waals surface area contributed by atoms with Crippen molar-refractivity contribution in [1.29, 1.82) is 0 Å². The number of carbonyl (C=O) groups excluding carboxylic acids is 1. The maximum Gasteiger partial charge on any atom is 0.363 e. The number of aliphatic imine (C=N–C) groups is 1. The van der Waals surface area contributed by atoms with Crippen molar-refractivity contribution < 1.29 is 14.5 Å². The van der Waals surface area contributed by atoms with Crippen LogP contribution in [0.1, 0.15) is 44.1 Å². The average molecular weight is 352 g/mol. The number of ether oxygens (including phenoxy) is 1. The number of nitrogens with zero attached hydrogens (tertiary/aromatic N) is 2. The number of nitro groups is 1. The van der Waals surface area contributed by atoms with E-state index >= 15 is 0 Å². The lowest BCUT2D eigenvalue weighted by atomic mass is 9.49. The molecule has 6 rings (SSSR count). The zero-order valence-corrected chi connectivity index (χ0v) is 14.4. The summed E-state index contributed by atoms with van der Waals surface area (Å²) in [6.45, 7) is 0. The van der Waals surface area contributed by atoms with Gasteiger partial charge in [0.25, 0.3) is 5.69 Å². The quantitative estimate of drug-likeness (QED) is 0.355. The van der Waals surface area contributed by atoms with Crippen LogP contribution < -0.4 is 0 Å². The molecule has 1 aromatic rings. The van der Waals surface area contributed by atoms with Crippen LogP contribution in [-0.2, 0) is 9.53 Å². The van der Waals surface area contributed by atoms with E-state index < -0.39 is 10.9 Å². The summed E-state index contributed by atoms with van der Waals surface area (Å²) in [5, 5.41) is 10.9. The second-order valence-corrected chi connectivity index (χ2v) is 8.39. The fourth-order valence-corrected chi connectivity index (χ4v) is 5.89. The van der Waals surface area contributed by atoms with Crippen LogP contribution in [0.25, 0.3) is 6.08 Å². The largest absolute Gasteiger partial charge is 0.406 e. The molecule has 1 aliphatic heterocycles. The Bertz CT molecular complexity index is 835. The predicted molar refractivity (Wildman–Crippen MR) is 95.2 cm³/mol. The van der Waals surface area contributed by atoms with Gasteiger partial charge in [-0.25, -0.2) is 9.79 Å². The fourth-order valence-electron chi connectivity index (χ4n) is 5.89. The Hall–Kier alpha value is -2.50. The molecule has 4 fully saturated rings. The van der Waals surface area contributed by atoms with E-state index in [1.807, 2.05) is 0 Å². The predicted octanol–water partition coefficient (Wildman–Crippen LogP) is 4.11. The van der Waals surface area contributed by atoms with Crippen LogP contribution in [0.3, 0.4) is 0 Å². The third-order valence-corrected chi connectivity index (χ3v) is 6.50. The van der Waals surface area contributed by atoms with Crippen molar-refractivity contribution in [2.45, 2.75) is 38.5 Å². The number of benzene rings is 1. The number of cyclic esters (lactones) is 1. The highest BCUT2D eigenvalue weighted by Crippen LogP contribution is 2.61. The Morgan fingerprint density at radius 2 is 1.81 bits per heavy atom. The first kappa shape index (κ1) is 15.7. The lowest BCUT2D eigenvalue weighted by Gasteiger charge is -2.55. The Morgan fingerprint density at radius 1 is 1.15 bits per heavy atom. The molecular formula is C20H20N2O4. The number of hydrogen-bond acceptors (Lipinski definition) is 5. The van der Waals surface area contributed by atoms with E-state index in [2.05, 4.69) is 4.99 Å². The minimum atomic E-state index is -0.445. The molecule has 0 N–H and O–H groups in total. The molecule has 1 heterocycles. The van der Waals surface area contributed by atoms with Gasteiger partial charge in [0.2, 0.25) is 5.90 Å². The number of hydrogen-bond donors (Lipinski definition) is 0. The number of carbonyl (C=O) groups is 1. The molecule has 0 amide bonds. The summed E-state index contributed by atoms with van der Waals surface area (Å²) in [5.74, 6) is 2.38. The molecule has 26 heavy (non-hydrogen) atoms. The van der Waals surface area contributed by atoms with E-state index in [4.69, 9.17) is 4.74 Å². The van der Waals surface area contributed by atoms with Crippen LogP contribution in [0.4, 0.5) is 5.69 Å². The van der Waals surface area contributed by atoms with Gasteiger partial charge in [-0.05, 0) is 67.9 Å². The first-order valence-electron chi connectivity index (χ1n) is 9.28. The van der Waals surface area contributed by atoms with Crippen molar-refractivity contribution in [2.75, 3.05) is 0 Å². The van der Waals surface area contributed by atoms with Crippen LogP contribution in [0.2, 0.25) is 0 Å². The Labute approximate surface area is 151 Å². The zero-order valence-electron chi connectivity index (χ0n) is 14.4. The highest BCUT2D eigenvalue weighted by Gasteiger charge is 2.55. The van der Waals surface area contributed by atoms with Gasteiger partial charge < -0.3 is 4.74 Å². The maximum absolute atomic E-state index is 12.4. The van der Waals surface area contributed by atoms with E-state index in [0.29, 0.717) is 11.5 Å². The van der Waals surface area contributed by atoms with Gasteiger partial charge in [-0.15, -0.1) is 0 Å². The lowest BCUT2D eigenvalue weighted by molar-refractivity contribution is -0.384. The topological polar surface area (TPSA) is 81.8 Å². The SMILES string of the molecule is O=C1OC(C23CC4CC(CC(C4)C2)C3)=N/C1=C\c1cccc([N+](=O)[O-])c1. The van der Waals surface area contributed by atoms with Gasteiger partial charge in [-0.3, -0.25) is 10.1 Å². The van der Waals surface area contributed by atoms with Crippen LogP contribution >= 0.6 is 0 Å². The molecule has 6 nitrogen and oxygen atoms in total. The van der Waals surface area contributed by atoms with Crippen molar-refractivity contribution in [3.63, 3.8) is 0 Å². The van der Waals surface area contributed by atoms with Crippen molar-refractivity contribution in [3.8, 4) is 0 Å². The molecule has 0 unspecified atom stereocenters. The number of nitro benzene ring substituents is 1. The van der Waals surface area contributed by atoms with Gasteiger partial charge >= 0.3 is 5.97 Å². The number of non-ortho nitro benzene ring substituents is 1. The van der Waals surface area contributed by atoms with E-state index in [0.717, 1.165) is 37.0 Å². The molecule has 0 radical (unpaired) electrons. The van der Waals surface area contributed by atoms with Crippen LogP contribution in [0.15, 0.2) is 35.0 Å². The normalized spacial score (nSPS) is 36.3. The molecule has 5 aliphatic rings. The zero-order chi connectivity index (χ0) is 17.9. The van der Waals surface area contributed by atoms with Gasteiger partial charge in [-0.1, -0.05) is 12.1 Å². The molecule has 4 saturated carbocycles. The van der Waals surface area contributed by atoms with E-state index in [1.54, 1.807) is 18.2 Å². The second kappa shape index (κ2) is 5.50. The Kier molecular flexibility index (Phi) is 3.33. The Morgan fingerprint density at radius 3 is 2.42 bits per heavy atom. The van der Waals surface area contributed by atoms with Gasteiger partial charge in [0.15, 0.2) is 5.70 Å². The minimum absolute atomic E-state index is 0.00370. The minimum Gasteiger partial charge on any atom is -0.406 e. The molecular weight excluding hydrogens is 332 g/mol. The highest BCUT2D eigenvalue weighted by molar-refractivity contribution is 6.09. The number of rotatable bonds is 3. The monoisotopic (exact) mass is 352 g/mol. The highest BCUT2D eigenvalue weighted by atomic mass is 16.6. The van der Waals surface area contributed by atoms with Crippen molar-refractivity contribution in [1.82, 2.24) is 0 Å². The third-order valence-electron chi connectivity index (χ3n) is 6.50. The summed E-state index contributed by atoms with van der Waals surface area (Å²) in [6.07, 6.45) is 8.77. The van der Waals surface area contributed by atoms with Crippen LogP contribution in [0.5, 0.6) is 0 Å². The summed E-state index contributed by atoms with van der Waals surface area (Å²) in [6, 6.07) is 6.21. The molecule has 4 aliphatic carbocycles. The Balaban J connectivity index is 1.47. The molecule has 0 aromatic heterocycles. The van der Waals surface area contributed by atoms with Crippen molar-refractivity contribution >= 4 is 23.6 Å². The van der Waals surface area contributed by atoms with Gasteiger partial charge in [0.1, 0.15) is 0 Å². The van der Waals surface area contributed by atoms with Crippen molar-refractivity contribution in [3.05, 3.63) is 45.6 Å². The molecule has 1 aromatic carbocycles. The van der Waals surface area contributed by atoms with Gasteiger partial charge in [0.05, 0.1) is 4.92 Å². The molecule has 0 atom stereocenters. The summed E-state index contributed by atoms with van der Waals surface area (Å²) >= 11 is 0. The van der Waals surface area contributed by atoms with E-state index in [1.165, 1.54) is 31.4 Å². The molecule has 134 valence electrons. The molecule has 4 bridgehead atoms. The standard InChI is InChI=1S/C20H20N2O4/c23-18-17(8-12-2-1-3-16(7-12)22(24)25)21-19(26-18)20-9-13-4-14(10-20)6-15(5-13)11-20/h1-3,7-8,13-15H,4-6,9-11H2/b17-8-. The maximum atomic E-state index is 12.4.